The van der Waals surface area contributed by atoms with Crippen molar-refractivity contribution in [1.29, 1.82) is 0 Å². The Hall–Kier alpha value is -3.72. The van der Waals surface area contributed by atoms with Crippen molar-refractivity contribution in [3.05, 3.63) is 76.8 Å². The Bertz CT molecular complexity index is 1210. The van der Waals surface area contributed by atoms with Gasteiger partial charge in [-0.15, -0.1) is 13.2 Å². The third-order valence-corrected chi connectivity index (χ3v) is 4.93. The zero-order valence-corrected chi connectivity index (χ0v) is 17.0. The van der Waals surface area contributed by atoms with Gasteiger partial charge in [0.05, 0.1) is 5.69 Å². The van der Waals surface area contributed by atoms with Crippen LogP contribution >= 0.6 is 11.6 Å². The maximum absolute atomic E-state index is 13.0. The highest BCUT2D eigenvalue weighted by Gasteiger charge is 2.33. The van der Waals surface area contributed by atoms with Crippen molar-refractivity contribution in [2.75, 3.05) is 10.6 Å². The van der Waals surface area contributed by atoms with E-state index in [1.54, 1.807) is 36.4 Å². The molecule has 1 aliphatic heterocycles. The van der Waals surface area contributed by atoms with Gasteiger partial charge in [0, 0.05) is 22.8 Å². The Morgan fingerprint density at radius 1 is 1.00 bits per heavy atom. The number of alkyl halides is 3. The summed E-state index contributed by atoms with van der Waals surface area (Å²) in [5.41, 5.74) is 2.30. The lowest BCUT2D eigenvalue weighted by Gasteiger charge is -2.17. The van der Waals surface area contributed by atoms with Crippen molar-refractivity contribution in [1.82, 2.24) is 5.32 Å². The smallest absolute Gasteiger partial charge is 0.404 e. The molecular formula is C22H15ClF3N3O3. The summed E-state index contributed by atoms with van der Waals surface area (Å²) in [7, 11) is 0. The molecule has 0 saturated heterocycles. The van der Waals surface area contributed by atoms with E-state index < -0.39 is 18.1 Å². The summed E-state index contributed by atoms with van der Waals surface area (Å²) in [6.45, 7) is 0.266. The maximum atomic E-state index is 13.0. The van der Waals surface area contributed by atoms with E-state index in [-0.39, 0.29) is 18.1 Å². The fraction of sp³-hybridized carbons (Fsp3) is 0.0909. The summed E-state index contributed by atoms with van der Waals surface area (Å²) in [4.78, 5) is 24.2. The molecule has 0 bridgehead atoms. The van der Waals surface area contributed by atoms with Crippen LogP contribution in [0.2, 0.25) is 5.02 Å². The molecule has 4 rings (SSSR count). The number of anilines is 2. The molecule has 3 N–H and O–H groups in total. The lowest BCUT2D eigenvalue weighted by atomic mass is 9.96. The molecule has 0 fully saturated rings. The number of ether oxygens (including phenoxy) is 1. The van der Waals surface area contributed by atoms with Gasteiger partial charge < -0.3 is 20.7 Å². The van der Waals surface area contributed by atoms with Crippen LogP contribution in [0.15, 0.2) is 60.7 Å². The Kier molecular flexibility index (Phi) is 5.67. The van der Waals surface area contributed by atoms with Crippen molar-refractivity contribution < 1.29 is 27.5 Å². The number of hydrogen-bond donors (Lipinski definition) is 3. The van der Waals surface area contributed by atoms with E-state index in [0.29, 0.717) is 33.0 Å². The van der Waals surface area contributed by atoms with Crippen molar-refractivity contribution in [3.63, 3.8) is 0 Å². The normalized spacial score (nSPS) is 12.7. The first kappa shape index (κ1) is 21.5. The molecule has 3 aromatic carbocycles. The molecule has 6 nitrogen and oxygen atoms in total. The van der Waals surface area contributed by atoms with Gasteiger partial charge >= 0.3 is 12.4 Å². The molecular weight excluding hydrogens is 447 g/mol. The molecule has 0 radical (unpaired) electrons. The molecule has 0 spiro atoms. The average molecular weight is 462 g/mol. The van der Waals surface area contributed by atoms with Crippen molar-refractivity contribution in [3.8, 4) is 16.9 Å². The van der Waals surface area contributed by atoms with Gasteiger partial charge in [-0.1, -0.05) is 35.9 Å². The third kappa shape index (κ3) is 4.78. The minimum Gasteiger partial charge on any atom is -0.404 e. The topological polar surface area (TPSA) is 79.5 Å². The minimum absolute atomic E-state index is 0.188. The van der Waals surface area contributed by atoms with Crippen LogP contribution in [0.3, 0.4) is 0 Å². The van der Waals surface area contributed by atoms with Gasteiger partial charge in [-0.3, -0.25) is 4.79 Å². The summed E-state index contributed by atoms with van der Waals surface area (Å²) in [5.74, 6) is -0.837. The van der Waals surface area contributed by atoms with Crippen LogP contribution in [-0.4, -0.2) is 18.3 Å². The van der Waals surface area contributed by atoms with E-state index in [1.807, 2.05) is 0 Å². The molecule has 0 aromatic heterocycles. The molecule has 3 aromatic rings. The predicted molar refractivity (Wildman–Crippen MR) is 114 cm³/mol. The van der Waals surface area contributed by atoms with Crippen molar-refractivity contribution >= 4 is 34.9 Å². The number of fused-ring (bicyclic) bond motifs is 1. The third-order valence-electron chi connectivity index (χ3n) is 4.70. The number of hydrogen-bond acceptors (Lipinski definition) is 3. The number of amides is 3. The van der Waals surface area contributed by atoms with E-state index in [9.17, 15) is 22.8 Å². The maximum Gasteiger partial charge on any atom is 0.573 e. The summed E-state index contributed by atoms with van der Waals surface area (Å²) < 4.78 is 43.3. The lowest BCUT2D eigenvalue weighted by Crippen LogP contribution is -2.22. The zero-order valence-electron chi connectivity index (χ0n) is 16.2. The van der Waals surface area contributed by atoms with Crippen LogP contribution in [0.1, 0.15) is 15.9 Å². The van der Waals surface area contributed by atoms with Crippen LogP contribution in [0.25, 0.3) is 11.1 Å². The molecule has 1 heterocycles. The van der Waals surface area contributed by atoms with Crippen molar-refractivity contribution in [2.24, 2.45) is 0 Å². The summed E-state index contributed by atoms with van der Waals surface area (Å²) in [6, 6.07) is 14.5. The van der Waals surface area contributed by atoms with E-state index in [4.69, 9.17) is 11.6 Å². The Morgan fingerprint density at radius 2 is 1.75 bits per heavy atom. The Balaban J connectivity index is 1.65. The predicted octanol–water partition coefficient (Wildman–Crippen LogP) is 5.79. The lowest BCUT2D eigenvalue weighted by molar-refractivity contribution is -0.274. The quantitative estimate of drug-likeness (QED) is 0.460. The molecule has 164 valence electrons. The van der Waals surface area contributed by atoms with Gasteiger partial charge in [-0.2, -0.15) is 0 Å². The molecule has 0 unspecified atom stereocenters. The van der Waals surface area contributed by atoms with Gasteiger partial charge in [-0.25, -0.2) is 4.79 Å². The number of halogens is 4. The average Bonchev–Trinajstić information content (AvgIpc) is 3.09. The largest absolute Gasteiger partial charge is 0.573 e. The molecule has 32 heavy (non-hydrogen) atoms. The zero-order chi connectivity index (χ0) is 22.9. The number of carbonyl (C=O) groups is 2. The minimum atomic E-state index is -4.98. The molecule has 3 amide bonds. The van der Waals surface area contributed by atoms with Gasteiger partial charge in [0.2, 0.25) is 0 Å². The second-order valence-electron chi connectivity index (χ2n) is 6.86. The van der Waals surface area contributed by atoms with E-state index in [2.05, 4.69) is 20.7 Å². The van der Waals surface area contributed by atoms with Gasteiger partial charge in [-0.05, 0) is 53.1 Å². The fourth-order valence-electron chi connectivity index (χ4n) is 3.38. The first-order valence-corrected chi connectivity index (χ1v) is 9.71. The molecule has 1 aliphatic rings. The van der Waals surface area contributed by atoms with Gasteiger partial charge in [0.25, 0.3) is 5.91 Å². The van der Waals surface area contributed by atoms with E-state index >= 15 is 0 Å². The monoisotopic (exact) mass is 461 g/mol. The number of rotatable bonds is 4. The highest BCUT2D eigenvalue weighted by atomic mass is 35.5. The molecule has 0 aliphatic carbocycles. The van der Waals surface area contributed by atoms with Crippen LogP contribution in [-0.2, 0) is 6.54 Å². The van der Waals surface area contributed by atoms with E-state index in [0.717, 1.165) is 0 Å². The number of carbonyl (C=O) groups excluding carboxylic acids is 2. The van der Waals surface area contributed by atoms with Crippen LogP contribution < -0.4 is 20.7 Å². The van der Waals surface area contributed by atoms with Crippen LogP contribution in [0.4, 0.5) is 29.3 Å². The Morgan fingerprint density at radius 3 is 2.50 bits per heavy atom. The first-order valence-electron chi connectivity index (χ1n) is 9.33. The second kappa shape index (κ2) is 8.43. The first-order chi connectivity index (χ1) is 15.2. The van der Waals surface area contributed by atoms with Crippen LogP contribution in [0.5, 0.6) is 5.75 Å². The Labute approximate surface area is 185 Å². The van der Waals surface area contributed by atoms with Gasteiger partial charge in [0.15, 0.2) is 5.75 Å². The highest BCUT2D eigenvalue weighted by Crippen LogP contribution is 2.37. The summed E-state index contributed by atoms with van der Waals surface area (Å²) in [6.07, 6.45) is -4.98. The molecule has 0 saturated carbocycles. The van der Waals surface area contributed by atoms with Crippen LogP contribution in [0, 0.1) is 0 Å². The molecule has 0 atom stereocenters. The standard InChI is InChI=1S/C22H15ClF3N3O3/c23-13-3-1-4-14(10-13)28-21(31)29-18-8-7-12(9-19(18)32-22(24,25)26)15-5-2-6-16-17(15)11-27-20(16)30/h1-10H,11H2,(H,27,30)(H2,28,29,31). The number of urea groups is 1. The van der Waals surface area contributed by atoms with E-state index in [1.165, 1.54) is 24.3 Å². The second-order valence-corrected chi connectivity index (χ2v) is 7.30. The summed E-state index contributed by atoms with van der Waals surface area (Å²) >= 11 is 5.87. The highest BCUT2D eigenvalue weighted by molar-refractivity contribution is 6.30. The van der Waals surface area contributed by atoms with Crippen molar-refractivity contribution in [2.45, 2.75) is 12.9 Å². The SMILES string of the molecule is O=C(Nc1cccc(Cl)c1)Nc1ccc(-c2cccc3c2CNC3=O)cc1OC(F)(F)F. The van der Waals surface area contributed by atoms with Gasteiger partial charge in [0.1, 0.15) is 0 Å². The number of nitrogens with one attached hydrogen (secondary N) is 3. The number of benzene rings is 3. The summed E-state index contributed by atoms with van der Waals surface area (Å²) in [5, 5.41) is 7.92. The molecule has 10 heteroatoms. The fourth-order valence-corrected chi connectivity index (χ4v) is 3.57.